The van der Waals surface area contributed by atoms with Gasteiger partial charge in [-0.3, -0.25) is 0 Å². The van der Waals surface area contributed by atoms with Crippen molar-refractivity contribution in [3.63, 3.8) is 0 Å². The number of hydrogen-bond acceptors (Lipinski definition) is 2. The third-order valence-corrected chi connectivity index (χ3v) is 2.48. The number of hydrogen-bond donors (Lipinski definition) is 1. The Labute approximate surface area is 93.3 Å². The van der Waals surface area contributed by atoms with Crippen molar-refractivity contribution in [2.45, 2.75) is 20.8 Å². The maximum Gasteiger partial charge on any atom is 0.0369 e. The first kappa shape index (κ1) is 12.1. The van der Waals surface area contributed by atoms with Crippen LogP contribution in [0.25, 0.3) is 0 Å². The summed E-state index contributed by atoms with van der Waals surface area (Å²) in [6.07, 6.45) is 0. The summed E-state index contributed by atoms with van der Waals surface area (Å²) < 4.78 is 0. The van der Waals surface area contributed by atoms with Crippen LogP contribution in [0.2, 0.25) is 0 Å². The molecule has 1 aliphatic heterocycles. The molecule has 2 nitrogen and oxygen atoms in total. The molecule has 1 aromatic carbocycles. The van der Waals surface area contributed by atoms with Gasteiger partial charge in [-0.15, -0.1) is 0 Å². The zero-order valence-electron chi connectivity index (χ0n) is 10.1. The Kier molecular flexibility index (Phi) is 5.19. The fourth-order valence-electron chi connectivity index (χ4n) is 1.75. The Morgan fingerprint density at radius 1 is 1.13 bits per heavy atom. The largest absolute Gasteiger partial charge is 0.369 e. The molecule has 0 bridgehead atoms. The van der Waals surface area contributed by atoms with Gasteiger partial charge in [0.1, 0.15) is 0 Å². The smallest absolute Gasteiger partial charge is 0.0369 e. The van der Waals surface area contributed by atoms with E-state index < -0.39 is 0 Å². The number of rotatable bonds is 1. The van der Waals surface area contributed by atoms with Crippen LogP contribution >= 0.6 is 0 Å². The molecular formula is C13H22N2. The van der Waals surface area contributed by atoms with Crippen LogP contribution in [0.3, 0.4) is 0 Å². The maximum atomic E-state index is 3.36. The lowest BCUT2D eigenvalue weighted by Gasteiger charge is -2.29. The van der Waals surface area contributed by atoms with Crippen LogP contribution in [0, 0.1) is 6.92 Å². The summed E-state index contributed by atoms with van der Waals surface area (Å²) in [6.45, 7) is 10.6. The highest BCUT2D eigenvalue weighted by Gasteiger charge is 2.09. The van der Waals surface area contributed by atoms with E-state index >= 15 is 0 Å². The average Bonchev–Trinajstić information content (AvgIpc) is 2.33. The molecule has 2 rings (SSSR count). The van der Waals surface area contributed by atoms with Crippen molar-refractivity contribution < 1.29 is 0 Å². The Morgan fingerprint density at radius 3 is 2.40 bits per heavy atom. The number of aryl methyl sites for hydroxylation is 1. The summed E-state index contributed by atoms with van der Waals surface area (Å²) >= 11 is 0. The van der Waals surface area contributed by atoms with Gasteiger partial charge in [-0.25, -0.2) is 0 Å². The third kappa shape index (κ3) is 3.56. The van der Waals surface area contributed by atoms with Gasteiger partial charge in [0, 0.05) is 31.9 Å². The van der Waals surface area contributed by atoms with Crippen LogP contribution in [0.15, 0.2) is 24.3 Å². The van der Waals surface area contributed by atoms with Crippen molar-refractivity contribution in [1.29, 1.82) is 0 Å². The Balaban J connectivity index is 0.000000531. The molecule has 1 aliphatic rings. The molecule has 2 heteroatoms. The van der Waals surface area contributed by atoms with Crippen molar-refractivity contribution in [3.05, 3.63) is 29.8 Å². The maximum absolute atomic E-state index is 3.36. The second-order valence-electron chi connectivity index (χ2n) is 3.58. The number of nitrogens with zero attached hydrogens (tertiary/aromatic N) is 1. The molecule has 1 aromatic rings. The summed E-state index contributed by atoms with van der Waals surface area (Å²) in [6, 6.07) is 8.72. The molecule has 0 unspecified atom stereocenters. The molecule has 1 fully saturated rings. The molecule has 0 radical (unpaired) electrons. The first-order valence-electron chi connectivity index (χ1n) is 5.88. The van der Waals surface area contributed by atoms with Gasteiger partial charge in [-0.2, -0.15) is 0 Å². The van der Waals surface area contributed by atoms with Crippen molar-refractivity contribution in [3.8, 4) is 0 Å². The summed E-state index contributed by atoms with van der Waals surface area (Å²) in [5.41, 5.74) is 2.71. The van der Waals surface area contributed by atoms with E-state index in [1.54, 1.807) is 0 Å². The molecule has 84 valence electrons. The van der Waals surface area contributed by atoms with Crippen molar-refractivity contribution in [2.75, 3.05) is 31.1 Å². The molecular weight excluding hydrogens is 184 g/mol. The summed E-state index contributed by atoms with van der Waals surface area (Å²) in [5, 5.41) is 3.36. The van der Waals surface area contributed by atoms with Gasteiger partial charge in [0.05, 0.1) is 0 Å². The van der Waals surface area contributed by atoms with Crippen LogP contribution in [0.5, 0.6) is 0 Å². The number of nitrogens with one attached hydrogen (secondary N) is 1. The SMILES string of the molecule is CC.Cc1cccc(N2CCNCC2)c1. The fraction of sp³-hybridized carbons (Fsp3) is 0.538. The second kappa shape index (κ2) is 6.46. The highest BCUT2D eigenvalue weighted by atomic mass is 15.2. The van der Waals surface area contributed by atoms with Crippen LogP contribution in [-0.4, -0.2) is 26.2 Å². The topological polar surface area (TPSA) is 15.3 Å². The minimum absolute atomic E-state index is 1.11. The highest BCUT2D eigenvalue weighted by molar-refractivity contribution is 5.48. The van der Waals surface area contributed by atoms with E-state index in [4.69, 9.17) is 0 Å². The van der Waals surface area contributed by atoms with E-state index in [0.717, 1.165) is 26.2 Å². The average molecular weight is 206 g/mol. The summed E-state index contributed by atoms with van der Waals surface area (Å²) in [5.74, 6) is 0. The molecule has 0 saturated carbocycles. The summed E-state index contributed by atoms with van der Waals surface area (Å²) in [7, 11) is 0. The van der Waals surface area contributed by atoms with E-state index in [2.05, 4.69) is 41.4 Å². The molecule has 0 aliphatic carbocycles. The molecule has 0 amide bonds. The Bertz CT molecular complexity index is 278. The van der Waals surface area contributed by atoms with E-state index in [1.807, 2.05) is 13.8 Å². The standard InChI is InChI=1S/C11H16N2.C2H6/c1-10-3-2-4-11(9-10)13-7-5-12-6-8-13;1-2/h2-4,9,12H,5-8H2,1H3;1-2H3. The van der Waals surface area contributed by atoms with E-state index in [1.165, 1.54) is 11.3 Å². The van der Waals surface area contributed by atoms with Crippen molar-refractivity contribution >= 4 is 5.69 Å². The number of benzene rings is 1. The highest BCUT2D eigenvalue weighted by Crippen LogP contribution is 2.15. The lowest BCUT2D eigenvalue weighted by Crippen LogP contribution is -2.43. The summed E-state index contributed by atoms with van der Waals surface area (Å²) in [4.78, 5) is 2.43. The first-order valence-corrected chi connectivity index (χ1v) is 5.88. The lowest BCUT2D eigenvalue weighted by atomic mass is 10.2. The second-order valence-corrected chi connectivity index (χ2v) is 3.58. The number of piperazine rings is 1. The van der Waals surface area contributed by atoms with Gasteiger partial charge in [-0.05, 0) is 24.6 Å². The van der Waals surface area contributed by atoms with Crippen LogP contribution < -0.4 is 10.2 Å². The normalized spacial score (nSPS) is 15.5. The minimum atomic E-state index is 1.11. The van der Waals surface area contributed by atoms with E-state index in [9.17, 15) is 0 Å². The van der Waals surface area contributed by atoms with Gasteiger partial charge >= 0.3 is 0 Å². The van der Waals surface area contributed by atoms with Crippen LogP contribution in [0.1, 0.15) is 19.4 Å². The quantitative estimate of drug-likeness (QED) is 0.759. The molecule has 1 heterocycles. The van der Waals surface area contributed by atoms with Gasteiger partial charge in [0.2, 0.25) is 0 Å². The van der Waals surface area contributed by atoms with E-state index in [-0.39, 0.29) is 0 Å². The first-order chi connectivity index (χ1) is 7.36. The van der Waals surface area contributed by atoms with Crippen LogP contribution in [0.4, 0.5) is 5.69 Å². The number of anilines is 1. The lowest BCUT2D eigenvalue weighted by molar-refractivity contribution is 0.589. The van der Waals surface area contributed by atoms with Crippen LogP contribution in [-0.2, 0) is 0 Å². The van der Waals surface area contributed by atoms with Gasteiger partial charge in [0.15, 0.2) is 0 Å². The molecule has 1 N–H and O–H groups in total. The molecule has 0 atom stereocenters. The van der Waals surface area contributed by atoms with Gasteiger partial charge < -0.3 is 10.2 Å². The van der Waals surface area contributed by atoms with E-state index in [0.29, 0.717) is 0 Å². The van der Waals surface area contributed by atoms with Crippen molar-refractivity contribution in [1.82, 2.24) is 5.32 Å². The Morgan fingerprint density at radius 2 is 1.80 bits per heavy atom. The van der Waals surface area contributed by atoms with Gasteiger partial charge in [0.25, 0.3) is 0 Å². The fourth-order valence-corrected chi connectivity index (χ4v) is 1.75. The predicted molar refractivity (Wildman–Crippen MR) is 67.6 cm³/mol. The Hall–Kier alpha value is -1.02. The predicted octanol–water partition coefficient (Wildman–Crippen LogP) is 2.43. The monoisotopic (exact) mass is 206 g/mol. The van der Waals surface area contributed by atoms with Crippen molar-refractivity contribution in [2.24, 2.45) is 0 Å². The van der Waals surface area contributed by atoms with Gasteiger partial charge in [-0.1, -0.05) is 26.0 Å². The zero-order valence-corrected chi connectivity index (χ0v) is 10.1. The molecule has 0 spiro atoms. The molecule has 15 heavy (non-hydrogen) atoms. The minimum Gasteiger partial charge on any atom is -0.369 e. The zero-order chi connectivity index (χ0) is 11.1. The molecule has 1 saturated heterocycles. The molecule has 0 aromatic heterocycles. The third-order valence-electron chi connectivity index (χ3n) is 2.48.